The third-order valence-corrected chi connectivity index (χ3v) is 1.56. The third kappa shape index (κ3) is 5.16. The zero-order chi connectivity index (χ0) is 11.4. The van der Waals surface area contributed by atoms with Crippen molar-refractivity contribution in [2.45, 2.75) is 39.0 Å². The Hall–Kier alpha value is -0.650. The second kappa shape index (κ2) is 5.29. The van der Waals surface area contributed by atoms with Crippen LogP contribution in [0.1, 0.15) is 27.2 Å². The Kier molecular flexibility index (Phi) is 5.04. The Morgan fingerprint density at radius 3 is 2.29 bits per heavy atom. The molecule has 14 heavy (non-hydrogen) atoms. The summed E-state index contributed by atoms with van der Waals surface area (Å²) in [6, 6.07) is 0. The van der Waals surface area contributed by atoms with E-state index < -0.39 is 23.7 Å². The molecule has 0 spiro atoms. The van der Waals surface area contributed by atoms with Crippen LogP contribution in [0.25, 0.3) is 0 Å². The average Bonchev–Trinajstić information content (AvgIpc) is 1.95. The third-order valence-electron chi connectivity index (χ3n) is 1.56. The molecule has 0 aliphatic heterocycles. The van der Waals surface area contributed by atoms with Crippen molar-refractivity contribution in [3.05, 3.63) is 0 Å². The number of hydrogen-bond acceptors (Lipinski definition) is 5. The van der Waals surface area contributed by atoms with E-state index in [9.17, 15) is 4.79 Å². The topological polar surface area (TPSA) is 92.8 Å². The highest BCUT2D eigenvalue weighted by molar-refractivity contribution is 5.73. The van der Waals surface area contributed by atoms with Crippen LogP contribution in [0.5, 0.6) is 0 Å². The predicted octanol–water partition coefficient (Wildman–Crippen LogP) is -0.396. The molecule has 0 aliphatic rings. The van der Waals surface area contributed by atoms with Gasteiger partial charge in [0.25, 0.3) is 0 Å². The molecule has 0 rings (SSSR count). The lowest BCUT2D eigenvalue weighted by Crippen LogP contribution is -2.39. The Balaban J connectivity index is 4.30. The van der Waals surface area contributed by atoms with E-state index in [2.05, 4.69) is 0 Å². The van der Waals surface area contributed by atoms with Crippen molar-refractivity contribution in [2.75, 3.05) is 6.61 Å². The molecule has 0 bridgehead atoms. The molecule has 5 heteroatoms. The van der Waals surface area contributed by atoms with Gasteiger partial charge in [-0.3, -0.25) is 4.79 Å². The van der Waals surface area contributed by atoms with Gasteiger partial charge in [0.15, 0.2) is 0 Å². The molecule has 0 heterocycles. The van der Waals surface area contributed by atoms with Gasteiger partial charge in [-0.25, -0.2) is 0 Å². The van der Waals surface area contributed by atoms with Gasteiger partial charge in [-0.05, 0) is 27.2 Å². The largest absolute Gasteiger partial charge is 0.460 e. The Morgan fingerprint density at radius 1 is 1.50 bits per heavy atom. The molecule has 2 atom stereocenters. The minimum absolute atomic E-state index is 0.104. The van der Waals surface area contributed by atoms with Gasteiger partial charge in [0.05, 0.1) is 5.92 Å². The van der Waals surface area contributed by atoms with Gasteiger partial charge in [0.2, 0.25) is 0 Å². The standard InChI is InChI=1S/C9H19NO4/c1-9(2,3)14-8(13)6(4-5-11)7(10)12/h6-7,11-12H,4-5,10H2,1-3H3. The second-order valence-electron chi connectivity index (χ2n) is 4.14. The number of ether oxygens (including phenoxy) is 1. The van der Waals surface area contributed by atoms with Crippen LogP contribution in [0.2, 0.25) is 0 Å². The maximum Gasteiger partial charge on any atom is 0.313 e. The molecular formula is C9H19NO4. The summed E-state index contributed by atoms with van der Waals surface area (Å²) in [5.74, 6) is -1.44. The zero-order valence-electron chi connectivity index (χ0n) is 8.86. The van der Waals surface area contributed by atoms with E-state index in [1.54, 1.807) is 20.8 Å². The van der Waals surface area contributed by atoms with Gasteiger partial charge in [0, 0.05) is 6.61 Å². The fourth-order valence-electron chi connectivity index (χ4n) is 0.945. The maximum absolute atomic E-state index is 11.4. The highest BCUT2D eigenvalue weighted by Gasteiger charge is 2.28. The molecule has 0 saturated heterocycles. The first-order chi connectivity index (χ1) is 6.28. The molecule has 0 saturated carbocycles. The van der Waals surface area contributed by atoms with E-state index in [1.165, 1.54) is 0 Å². The summed E-state index contributed by atoms with van der Waals surface area (Å²) in [6.07, 6.45) is -1.19. The summed E-state index contributed by atoms with van der Waals surface area (Å²) >= 11 is 0. The zero-order valence-corrected chi connectivity index (χ0v) is 8.86. The lowest BCUT2D eigenvalue weighted by atomic mass is 10.0. The van der Waals surface area contributed by atoms with Gasteiger partial charge in [-0.1, -0.05) is 0 Å². The van der Waals surface area contributed by atoms with Crippen LogP contribution in [-0.2, 0) is 9.53 Å². The molecule has 0 aromatic carbocycles. The molecule has 0 radical (unpaired) electrons. The second-order valence-corrected chi connectivity index (χ2v) is 4.14. The number of carbonyl (C=O) groups excluding carboxylic acids is 1. The summed E-state index contributed by atoms with van der Waals surface area (Å²) in [7, 11) is 0. The highest BCUT2D eigenvalue weighted by atomic mass is 16.6. The first-order valence-electron chi connectivity index (χ1n) is 4.55. The fraction of sp³-hybridized carbons (Fsp3) is 0.889. The van der Waals surface area contributed by atoms with Crippen LogP contribution in [-0.4, -0.2) is 34.6 Å². The van der Waals surface area contributed by atoms with Gasteiger partial charge in [0.1, 0.15) is 11.8 Å². The van der Waals surface area contributed by atoms with E-state index >= 15 is 0 Å². The van der Waals surface area contributed by atoms with Crippen LogP contribution in [0, 0.1) is 5.92 Å². The highest BCUT2D eigenvalue weighted by Crippen LogP contribution is 2.14. The first kappa shape index (κ1) is 13.4. The van der Waals surface area contributed by atoms with Crippen molar-refractivity contribution in [3.8, 4) is 0 Å². The predicted molar refractivity (Wildman–Crippen MR) is 51.2 cm³/mol. The monoisotopic (exact) mass is 205 g/mol. The SMILES string of the molecule is CC(C)(C)OC(=O)C(CCO)C(N)O. The van der Waals surface area contributed by atoms with Gasteiger partial charge >= 0.3 is 5.97 Å². The number of rotatable bonds is 4. The van der Waals surface area contributed by atoms with E-state index in [4.69, 9.17) is 20.7 Å². The molecule has 0 amide bonds. The summed E-state index contributed by atoms with van der Waals surface area (Å²) in [6.45, 7) is 4.97. The van der Waals surface area contributed by atoms with Crippen molar-refractivity contribution < 1.29 is 19.7 Å². The number of aliphatic hydroxyl groups excluding tert-OH is 2. The number of aliphatic hydroxyl groups is 2. The van der Waals surface area contributed by atoms with Crippen molar-refractivity contribution in [3.63, 3.8) is 0 Å². The number of nitrogens with two attached hydrogens (primary N) is 1. The number of esters is 1. The van der Waals surface area contributed by atoms with Crippen molar-refractivity contribution in [1.82, 2.24) is 0 Å². The Bertz CT molecular complexity index is 186. The van der Waals surface area contributed by atoms with E-state index in [1.807, 2.05) is 0 Å². The lowest BCUT2D eigenvalue weighted by molar-refractivity contribution is -0.164. The van der Waals surface area contributed by atoms with Gasteiger partial charge in [-0.15, -0.1) is 0 Å². The molecular weight excluding hydrogens is 186 g/mol. The summed E-state index contributed by atoms with van der Waals surface area (Å²) < 4.78 is 5.02. The molecule has 0 aliphatic carbocycles. The fourth-order valence-corrected chi connectivity index (χ4v) is 0.945. The molecule has 0 fully saturated rings. The molecule has 4 N–H and O–H groups in total. The summed E-state index contributed by atoms with van der Waals surface area (Å²) in [5.41, 5.74) is 4.57. The Labute approximate surface area is 83.9 Å². The van der Waals surface area contributed by atoms with E-state index in [-0.39, 0.29) is 13.0 Å². The molecule has 84 valence electrons. The van der Waals surface area contributed by atoms with Crippen LogP contribution in [0.15, 0.2) is 0 Å². The number of carbonyl (C=O) groups is 1. The number of hydrogen-bond donors (Lipinski definition) is 3. The minimum Gasteiger partial charge on any atom is -0.460 e. The summed E-state index contributed by atoms with van der Waals surface area (Å²) in [4.78, 5) is 11.4. The van der Waals surface area contributed by atoms with E-state index in [0.717, 1.165) is 0 Å². The lowest BCUT2D eigenvalue weighted by Gasteiger charge is -2.24. The van der Waals surface area contributed by atoms with Crippen LogP contribution < -0.4 is 5.73 Å². The van der Waals surface area contributed by atoms with Gasteiger partial charge in [-0.2, -0.15) is 0 Å². The molecule has 0 aromatic heterocycles. The quantitative estimate of drug-likeness (QED) is 0.429. The minimum atomic E-state index is -1.29. The van der Waals surface area contributed by atoms with Crippen LogP contribution in [0.4, 0.5) is 0 Å². The van der Waals surface area contributed by atoms with E-state index in [0.29, 0.717) is 0 Å². The van der Waals surface area contributed by atoms with Crippen LogP contribution >= 0.6 is 0 Å². The maximum atomic E-state index is 11.4. The Morgan fingerprint density at radius 2 is 2.00 bits per heavy atom. The average molecular weight is 205 g/mol. The summed E-state index contributed by atoms with van der Waals surface area (Å²) in [5, 5.41) is 17.7. The van der Waals surface area contributed by atoms with Gasteiger partial charge < -0.3 is 20.7 Å². The normalized spacial score (nSPS) is 16.1. The van der Waals surface area contributed by atoms with Crippen molar-refractivity contribution >= 4 is 5.97 Å². The van der Waals surface area contributed by atoms with Crippen molar-refractivity contribution in [2.24, 2.45) is 11.7 Å². The molecule has 0 aromatic rings. The molecule has 2 unspecified atom stereocenters. The smallest absolute Gasteiger partial charge is 0.313 e. The molecule has 5 nitrogen and oxygen atoms in total. The first-order valence-corrected chi connectivity index (χ1v) is 4.55. The van der Waals surface area contributed by atoms with Crippen molar-refractivity contribution in [1.29, 1.82) is 0 Å². The van der Waals surface area contributed by atoms with Crippen LogP contribution in [0.3, 0.4) is 0 Å².